The van der Waals surface area contributed by atoms with E-state index < -0.39 is 26.9 Å². The Hall–Kier alpha value is -3.21. The molecule has 0 bridgehead atoms. The number of hydrogen-bond acceptors (Lipinski definition) is 7. The van der Waals surface area contributed by atoms with Crippen molar-refractivity contribution in [3.63, 3.8) is 0 Å². The monoisotopic (exact) mass is 436 g/mol. The first-order valence-corrected chi connectivity index (χ1v) is 10.6. The van der Waals surface area contributed by atoms with Crippen LogP contribution < -0.4 is 0 Å². The Labute approximate surface area is 169 Å². The first kappa shape index (κ1) is 20.1. The van der Waals surface area contributed by atoms with Crippen LogP contribution in [0.25, 0.3) is 16.7 Å². The van der Waals surface area contributed by atoms with Crippen LogP contribution in [0.2, 0.25) is 0 Å². The molecule has 0 N–H and O–H groups in total. The van der Waals surface area contributed by atoms with Crippen LogP contribution in [0.15, 0.2) is 58.6 Å². The topological polar surface area (TPSA) is 89.2 Å². The highest BCUT2D eigenvalue weighted by atomic mass is 32.2. The average Bonchev–Trinajstić information content (AvgIpc) is 3.14. The number of hydrogen-bond donors (Lipinski definition) is 0. The van der Waals surface area contributed by atoms with E-state index in [1.165, 1.54) is 6.39 Å². The van der Waals surface area contributed by atoms with Gasteiger partial charge in [-0.3, -0.25) is 0 Å². The molecule has 0 saturated heterocycles. The number of oxazole rings is 1. The number of sulfone groups is 1. The lowest BCUT2D eigenvalue weighted by atomic mass is 10.1. The van der Waals surface area contributed by atoms with E-state index in [4.69, 9.17) is 4.42 Å². The molecule has 7 nitrogen and oxygen atoms in total. The predicted molar refractivity (Wildman–Crippen MR) is 102 cm³/mol. The van der Waals surface area contributed by atoms with Crippen LogP contribution in [0.3, 0.4) is 0 Å². The van der Waals surface area contributed by atoms with Gasteiger partial charge in [0, 0.05) is 31.1 Å². The van der Waals surface area contributed by atoms with E-state index in [0.717, 1.165) is 17.9 Å². The van der Waals surface area contributed by atoms with Gasteiger partial charge in [-0.2, -0.15) is 13.2 Å². The van der Waals surface area contributed by atoms with Gasteiger partial charge in [-0.05, 0) is 23.8 Å². The van der Waals surface area contributed by atoms with Crippen molar-refractivity contribution in [3.05, 3.63) is 66.0 Å². The minimum absolute atomic E-state index is 0.120. The van der Waals surface area contributed by atoms with Gasteiger partial charge in [0.05, 0.1) is 5.69 Å². The van der Waals surface area contributed by atoms with Gasteiger partial charge in [0.25, 0.3) is 0 Å². The standard InChI is InChI=1S/C19H15F3N4O3S/c1-30(27,28)18-24-14(8-17(25-18)19(20,21)22)13-3-2-6-26(10-13)9-12-4-5-16-15(7-12)23-11-29-16/h2-5,7-8,10-11H,6,9H2,1H3. The Bertz CT molecular complexity index is 1280. The summed E-state index contributed by atoms with van der Waals surface area (Å²) >= 11 is 0. The number of halogens is 3. The third-order valence-electron chi connectivity index (χ3n) is 4.36. The van der Waals surface area contributed by atoms with Crippen LogP contribution in [0, 0.1) is 0 Å². The second kappa shape index (κ2) is 7.24. The average molecular weight is 436 g/mol. The molecule has 0 amide bonds. The minimum atomic E-state index is -4.80. The largest absolute Gasteiger partial charge is 0.443 e. The molecule has 156 valence electrons. The molecular weight excluding hydrogens is 421 g/mol. The molecule has 3 aromatic rings. The van der Waals surface area contributed by atoms with Crippen molar-refractivity contribution in [1.82, 2.24) is 19.9 Å². The number of allylic oxidation sites excluding steroid dienone is 2. The van der Waals surface area contributed by atoms with Crippen molar-refractivity contribution < 1.29 is 26.0 Å². The molecule has 0 unspecified atom stereocenters. The summed E-state index contributed by atoms with van der Waals surface area (Å²) in [6, 6.07) is 6.27. The zero-order chi connectivity index (χ0) is 21.5. The van der Waals surface area contributed by atoms with E-state index in [0.29, 0.717) is 29.8 Å². The van der Waals surface area contributed by atoms with Crippen molar-refractivity contribution in [3.8, 4) is 0 Å². The molecule has 2 aromatic heterocycles. The van der Waals surface area contributed by atoms with Crippen LogP contribution in [0.5, 0.6) is 0 Å². The summed E-state index contributed by atoms with van der Waals surface area (Å²) in [7, 11) is -4.03. The van der Waals surface area contributed by atoms with Crippen LogP contribution in [0.1, 0.15) is 17.0 Å². The number of fused-ring (bicyclic) bond motifs is 1. The predicted octanol–water partition coefficient (Wildman–Crippen LogP) is 3.45. The summed E-state index contributed by atoms with van der Waals surface area (Å²) in [5, 5.41) is -0.866. The smallest absolute Gasteiger partial charge is 0.433 e. The van der Waals surface area contributed by atoms with E-state index in [9.17, 15) is 21.6 Å². The van der Waals surface area contributed by atoms with Gasteiger partial charge in [0.1, 0.15) is 11.2 Å². The number of rotatable bonds is 4. The second-order valence-electron chi connectivity index (χ2n) is 6.76. The Kier molecular flexibility index (Phi) is 4.85. The lowest BCUT2D eigenvalue weighted by molar-refractivity contribution is -0.141. The number of nitrogens with zero attached hydrogens (tertiary/aromatic N) is 4. The molecule has 0 atom stereocenters. The van der Waals surface area contributed by atoms with E-state index in [2.05, 4.69) is 15.0 Å². The van der Waals surface area contributed by atoms with E-state index >= 15 is 0 Å². The van der Waals surface area contributed by atoms with Crippen molar-refractivity contribution in [2.75, 3.05) is 12.8 Å². The maximum Gasteiger partial charge on any atom is 0.433 e. The zero-order valence-electron chi connectivity index (χ0n) is 15.6. The molecule has 1 aliphatic heterocycles. The lowest BCUT2D eigenvalue weighted by Crippen LogP contribution is -2.20. The van der Waals surface area contributed by atoms with Crippen LogP contribution in [-0.4, -0.2) is 41.1 Å². The third kappa shape index (κ3) is 4.20. The second-order valence-corrected chi connectivity index (χ2v) is 8.67. The molecule has 30 heavy (non-hydrogen) atoms. The van der Waals surface area contributed by atoms with Gasteiger partial charge in [-0.1, -0.05) is 18.2 Å². The van der Waals surface area contributed by atoms with E-state index in [1.807, 2.05) is 17.0 Å². The maximum atomic E-state index is 13.2. The molecule has 0 saturated carbocycles. The van der Waals surface area contributed by atoms with Gasteiger partial charge in [0.15, 0.2) is 12.0 Å². The fraction of sp³-hybridized carbons (Fsp3) is 0.211. The molecular formula is C19H15F3N4O3S. The van der Waals surface area contributed by atoms with E-state index in [-0.39, 0.29) is 5.69 Å². The highest BCUT2D eigenvalue weighted by molar-refractivity contribution is 7.90. The van der Waals surface area contributed by atoms with E-state index in [1.54, 1.807) is 24.4 Å². The number of alkyl halides is 3. The first-order valence-electron chi connectivity index (χ1n) is 8.71. The van der Waals surface area contributed by atoms with Crippen molar-refractivity contribution in [2.45, 2.75) is 17.9 Å². The van der Waals surface area contributed by atoms with Gasteiger partial charge >= 0.3 is 6.18 Å². The summed E-state index contributed by atoms with van der Waals surface area (Å²) in [4.78, 5) is 13.0. The first-order chi connectivity index (χ1) is 14.1. The summed E-state index contributed by atoms with van der Waals surface area (Å²) in [6.07, 6.45) is 2.32. The van der Waals surface area contributed by atoms with Gasteiger partial charge in [-0.15, -0.1) is 0 Å². The third-order valence-corrected chi connectivity index (χ3v) is 5.21. The summed E-state index contributed by atoms with van der Waals surface area (Å²) in [5.41, 5.74) is 1.20. The number of aromatic nitrogens is 3. The Morgan fingerprint density at radius 1 is 1.20 bits per heavy atom. The normalized spacial score (nSPS) is 14.9. The van der Waals surface area contributed by atoms with Gasteiger partial charge in [-0.25, -0.2) is 23.4 Å². The van der Waals surface area contributed by atoms with Crippen molar-refractivity contribution >= 4 is 26.5 Å². The van der Waals surface area contributed by atoms with Crippen molar-refractivity contribution in [2.24, 2.45) is 0 Å². The zero-order valence-corrected chi connectivity index (χ0v) is 16.4. The summed E-state index contributed by atoms with van der Waals surface area (Å²) < 4.78 is 68.4. The molecule has 0 aliphatic carbocycles. The summed E-state index contributed by atoms with van der Waals surface area (Å²) in [6.45, 7) is 0.989. The number of benzene rings is 1. The molecule has 4 rings (SSSR count). The van der Waals surface area contributed by atoms with Crippen molar-refractivity contribution in [1.29, 1.82) is 0 Å². The van der Waals surface area contributed by atoms with Crippen LogP contribution in [0.4, 0.5) is 13.2 Å². The molecule has 11 heteroatoms. The Balaban J connectivity index is 1.68. The molecule has 3 heterocycles. The molecule has 1 aliphatic rings. The maximum absolute atomic E-state index is 13.2. The minimum Gasteiger partial charge on any atom is -0.443 e. The summed E-state index contributed by atoms with van der Waals surface area (Å²) in [5.74, 6) is 0. The highest BCUT2D eigenvalue weighted by Crippen LogP contribution is 2.31. The SMILES string of the molecule is CS(=O)(=O)c1nc(C2=CN(Cc3ccc4ocnc4c3)CC=C2)cc(C(F)(F)F)n1. The van der Waals surface area contributed by atoms with Gasteiger partial charge < -0.3 is 9.32 Å². The molecule has 0 spiro atoms. The molecule has 0 fully saturated rings. The van der Waals surface area contributed by atoms with Gasteiger partial charge in [0.2, 0.25) is 15.0 Å². The lowest BCUT2D eigenvalue weighted by Gasteiger charge is -2.23. The van der Waals surface area contributed by atoms with Crippen LogP contribution in [-0.2, 0) is 22.6 Å². The fourth-order valence-corrected chi connectivity index (χ4v) is 3.52. The quantitative estimate of drug-likeness (QED) is 0.579. The highest BCUT2D eigenvalue weighted by Gasteiger charge is 2.35. The Morgan fingerprint density at radius 2 is 2.00 bits per heavy atom. The molecule has 0 radical (unpaired) electrons. The van der Waals surface area contributed by atoms with Crippen LogP contribution >= 0.6 is 0 Å². The fourth-order valence-electron chi connectivity index (χ4n) is 2.99. The molecule has 1 aromatic carbocycles. The Morgan fingerprint density at radius 3 is 2.73 bits per heavy atom.